The van der Waals surface area contributed by atoms with Crippen LogP contribution in [0.1, 0.15) is 11.1 Å². The molecule has 0 spiro atoms. The Labute approximate surface area is 133 Å². The van der Waals surface area contributed by atoms with Crippen molar-refractivity contribution in [3.8, 4) is 5.75 Å². The maximum atomic E-state index is 11.7. The standard InChI is InChI=1S/C17H18BrNO2/c1-13-4-2-3-5-14(13)10-11-19-17(20)12-21-16-8-6-15(18)7-9-16/h2-9H,10-12H2,1H3,(H,19,20). The quantitative estimate of drug-likeness (QED) is 0.868. The third-order valence-electron chi connectivity index (χ3n) is 3.16. The van der Waals surface area contributed by atoms with Gasteiger partial charge in [0.25, 0.3) is 5.91 Å². The predicted octanol–water partition coefficient (Wildman–Crippen LogP) is 3.50. The van der Waals surface area contributed by atoms with Crippen LogP contribution in [0.15, 0.2) is 53.0 Å². The third kappa shape index (κ3) is 5.23. The van der Waals surface area contributed by atoms with Crippen molar-refractivity contribution < 1.29 is 9.53 Å². The lowest BCUT2D eigenvalue weighted by atomic mass is 10.1. The number of amides is 1. The highest BCUT2D eigenvalue weighted by Gasteiger charge is 2.03. The highest BCUT2D eigenvalue weighted by atomic mass is 79.9. The molecule has 0 heterocycles. The van der Waals surface area contributed by atoms with E-state index in [2.05, 4.69) is 40.3 Å². The van der Waals surface area contributed by atoms with Gasteiger partial charge in [0.2, 0.25) is 0 Å². The van der Waals surface area contributed by atoms with Crippen LogP contribution in [0, 0.1) is 6.92 Å². The highest BCUT2D eigenvalue weighted by Crippen LogP contribution is 2.15. The Morgan fingerprint density at radius 2 is 1.86 bits per heavy atom. The lowest BCUT2D eigenvalue weighted by Crippen LogP contribution is -2.30. The second kappa shape index (κ2) is 7.84. The lowest BCUT2D eigenvalue weighted by Gasteiger charge is -2.09. The zero-order valence-electron chi connectivity index (χ0n) is 11.9. The molecular formula is C17H18BrNO2. The molecule has 0 radical (unpaired) electrons. The van der Waals surface area contributed by atoms with Crippen LogP contribution in [-0.2, 0) is 11.2 Å². The van der Waals surface area contributed by atoms with Crippen molar-refractivity contribution in [2.24, 2.45) is 0 Å². The minimum Gasteiger partial charge on any atom is -0.484 e. The van der Waals surface area contributed by atoms with E-state index in [1.54, 1.807) is 0 Å². The molecule has 21 heavy (non-hydrogen) atoms. The Morgan fingerprint density at radius 3 is 2.57 bits per heavy atom. The molecule has 0 aliphatic rings. The average Bonchev–Trinajstić information content (AvgIpc) is 2.49. The topological polar surface area (TPSA) is 38.3 Å². The van der Waals surface area contributed by atoms with Crippen molar-refractivity contribution in [2.45, 2.75) is 13.3 Å². The number of hydrogen-bond acceptors (Lipinski definition) is 2. The van der Waals surface area contributed by atoms with E-state index in [0.29, 0.717) is 12.3 Å². The predicted molar refractivity (Wildman–Crippen MR) is 87.5 cm³/mol. The van der Waals surface area contributed by atoms with E-state index in [9.17, 15) is 4.79 Å². The van der Waals surface area contributed by atoms with Crippen molar-refractivity contribution in [3.63, 3.8) is 0 Å². The molecule has 3 nitrogen and oxygen atoms in total. The summed E-state index contributed by atoms with van der Waals surface area (Å²) < 4.78 is 6.40. The Kier molecular flexibility index (Phi) is 5.81. The normalized spacial score (nSPS) is 10.2. The molecule has 0 unspecified atom stereocenters. The number of ether oxygens (including phenoxy) is 1. The van der Waals surface area contributed by atoms with Gasteiger partial charge >= 0.3 is 0 Å². The minimum absolute atomic E-state index is 0.0371. The van der Waals surface area contributed by atoms with Gasteiger partial charge in [0.05, 0.1) is 0 Å². The highest BCUT2D eigenvalue weighted by molar-refractivity contribution is 9.10. The van der Waals surface area contributed by atoms with Crippen LogP contribution in [0.5, 0.6) is 5.75 Å². The number of carbonyl (C=O) groups is 1. The van der Waals surface area contributed by atoms with E-state index in [1.165, 1.54) is 11.1 Å². The van der Waals surface area contributed by atoms with E-state index in [-0.39, 0.29) is 12.5 Å². The van der Waals surface area contributed by atoms with E-state index >= 15 is 0 Å². The molecule has 2 rings (SSSR count). The minimum atomic E-state index is -0.105. The van der Waals surface area contributed by atoms with Crippen molar-refractivity contribution >= 4 is 21.8 Å². The van der Waals surface area contributed by atoms with Crippen LogP contribution in [0.4, 0.5) is 0 Å². The fraction of sp³-hybridized carbons (Fsp3) is 0.235. The van der Waals surface area contributed by atoms with Crippen molar-refractivity contribution in [1.29, 1.82) is 0 Å². The van der Waals surface area contributed by atoms with Crippen molar-refractivity contribution in [1.82, 2.24) is 5.32 Å². The summed E-state index contributed by atoms with van der Waals surface area (Å²) in [5, 5.41) is 2.87. The second-order valence-corrected chi connectivity index (χ2v) is 5.68. The molecule has 0 atom stereocenters. The summed E-state index contributed by atoms with van der Waals surface area (Å²) in [6.45, 7) is 2.73. The van der Waals surface area contributed by atoms with Gasteiger partial charge in [0.1, 0.15) is 5.75 Å². The Morgan fingerprint density at radius 1 is 1.14 bits per heavy atom. The zero-order chi connectivity index (χ0) is 15.1. The van der Waals surface area contributed by atoms with Crippen LogP contribution in [-0.4, -0.2) is 19.1 Å². The molecule has 0 bridgehead atoms. The summed E-state index contributed by atoms with van der Waals surface area (Å²) in [6.07, 6.45) is 0.830. The number of benzene rings is 2. The van der Waals surface area contributed by atoms with Gasteiger partial charge in [-0.15, -0.1) is 0 Å². The van der Waals surface area contributed by atoms with Gasteiger partial charge in [0.15, 0.2) is 6.61 Å². The average molecular weight is 348 g/mol. The molecule has 0 aromatic heterocycles. The smallest absolute Gasteiger partial charge is 0.257 e. The van der Waals surface area contributed by atoms with Crippen LogP contribution in [0.25, 0.3) is 0 Å². The van der Waals surface area contributed by atoms with Crippen molar-refractivity contribution in [3.05, 3.63) is 64.1 Å². The number of hydrogen-bond donors (Lipinski definition) is 1. The Balaban J connectivity index is 1.70. The third-order valence-corrected chi connectivity index (χ3v) is 3.69. The zero-order valence-corrected chi connectivity index (χ0v) is 13.5. The first-order chi connectivity index (χ1) is 10.1. The molecule has 2 aromatic rings. The molecule has 0 aliphatic carbocycles. The van der Waals surface area contributed by atoms with Crippen LogP contribution in [0.2, 0.25) is 0 Å². The van der Waals surface area contributed by atoms with E-state index in [0.717, 1.165) is 10.9 Å². The molecule has 110 valence electrons. The first kappa shape index (κ1) is 15.6. The Hall–Kier alpha value is -1.81. The Bertz CT molecular complexity index is 596. The second-order valence-electron chi connectivity index (χ2n) is 4.77. The molecule has 0 fully saturated rings. The van der Waals surface area contributed by atoms with E-state index in [4.69, 9.17) is 4.74 Å². The maximum Gasteiger partial charge on any atom is 0.257 e. The van der Waals surface area contributed by atoms with Gasteiger partial charge < -0.3 is 10.1 Å². The van der Waals surface area contributed by atoms with Crippen LogP contribution >= 0.6 is 15.9 Å². The molecule has 0 saturated carbocycles. The number of halogens is 1. The number of rotatable bonds is 6. The summed E-state index contributed by atoms with van der Waals surface area (Å²) >= 11 is 3.35. The van der Waals surface area contributed by atoms with Gasteiger partial charge in [-0.1, -0.05) is 40.2 Å². The monoisotopic (exact) mass is 347 g/mol. The molecule has 1 amide bonds. The van der Waals surface area contributed by atoms with E-state index < -0.39 is 0 Å². The maximum absolute atomic E-state index is 11.7. The summed E-state index contributed by atoms with van der Waals surface area (Å²) in [6, 6.07) is 15.6. The lowest BCUT2D eigenvalue weighted by molar-refractivity contribution is -0.123. The first-order valence-electron chi connectivity index (χ1n) is 6.85. The van der Waals surface area contributed by atoms with E-state index in [1.807, 2.05) is 36.4 Å². The molecular weight excluding hydrogens is 330 g/mol. The summed E-state index contributed by atoms with van der Waals surface area (Å²) in [7, 11) is 0. The molecule has 2 aromatic carbocycles. The van der Waals surface area contributed by atoms with Crippen molar-refractivity contribution in [2.75, 3.05) is 13.2 Å². The molecule has 0 aliphatic heterocycles. The summed E-state index contributed by atoms with van der Waals surface area (Å²) in [4.78, 5) is 11.7. The SMILES string of the molecule is Cc1ccccc1CCNC(=O)COc1ccc(Br)cc1. The van der Waals surface area contributed by atoms with Gasteiger partial charge in [-0.3, -0.25) is 4.79 Å². The number of aryl methyl sites for hydroxylation is 1. The van der Waals surface area contributed by atoms with Gasteiger partial charge in [-0.2, -0.15) is 0 Å². The van der Waals surface area contributed by atoms with Crippen LogP contribution < -0.4 is 10.1 Å². The van der Waals surface area contributed by atoms with Gasteiger partial charge in [-0.05, 0) is 48.7 Å². The summed E-state index contributed by atoms with van der Waals surface area (Å²) in [5.41, 5.74) is 2.50. The number of carbonyl (C=O) groups excluding carboxylic acids is 1. The molecule has 0 saturated heterocycles. The number of nitrogens with one attached hydrogen (secondary N) is 1. The van der Waals surface area contributed by atoms with Gasteiger partial charge in [-0.25, -0.2) is 0 Å². The fourth-order valence-electron chi connectivity index (χ4n) is 1.96. The fourth-order valence-corrected chi connectivity index (χ4v) is 2.22. The largest absolute Gasteiger partial charge is 0.484 e. The summed E-state index contributed by atoms with van der Waals surface area (Å²) in [5.74, 6) is 0.582. The first-order valence-corrected chi connectivity index (χ1v) is 7.64. The van der Waals surface area contributed by atoms with Crippen LogP contribution in [0.3, 0.4) is 0 Å². The molecule has 4 heteroatoms. The molecule has 1 N–H and O–H groups in total. The van der Waals surface area contributed by atoms with Gasteiger partial charge in [0, 0.05) is 11.0 Å².